The van der Waals surface area contributed by atoms with Gasteiger partial charge in [-0.1, -0.05) is 139 Å². The Morgan fingerprint density at radius 3 is 2.10 bits per heavy atom. The summed E-state index contributed by atoms with van der Waals surface area (Å²) < 4.78 is 51.5. The van der Waals surface area contributed by atoms with Gasteiger partial charge >= 0.3 is 0 Å². The zero-order chi connectivity index (χ0) is 36.0. The summed E-state index contributed by atoms with van der Waals surface area (Å²) in [6.07, 6.45) is 0. The van der Waals surface area contributed by atoms with Crippen molar-refractivity contribution >= 4 is 54.5 Å². The second-order valence-electron chi connectivity index (χ2n) is 11.9. The van der Waals surface area contributed by atoms with Gasteiger partial charge in [0, 0.05) is 27.1 Å². The van der Waals surface area contributed by atoms with Crippen molar-refractivity contribution in [2.45, 2.75) is 0 Å². The molecule has 2 aromatic heterocycles. The maximum absolute atomic E-state index is 8.88. The van der Waals surface area contributed by atoms with E-state index in [1.165, 1.54) is 0 Å². The van der Waals surface area contributed by atoms with Crippen LogP contribution < -0.4 is 0 Å². The zero-order valence-corrected chi connectivity index (χ0v) is 25.6. The van der Waals surface area contributed by atoms with Crippen LogP contribution in [0.4, 0.5) is 0 Å². The molecule has 10 aromatic rings. The van der Waals surface area contributed by atoms with Gasteiger partial charge in [0.25, 0.3) is 0 Å². The molecule has 0 bridgehead atoms. The lowest BCUT2D eigenvalue weighted by Crippen LogP contribution is -2.02. The van der Waals surface area contributed by atoms with Crippen LogP contribution in [0.3, 0.4) is 0 Å². The van der Waals surface area contributed by atoms with Crippen LogP contribution in [0.15, 0.2) is 174 Å². The number of rotatable bonds is 4. The normalized spacial score (nSPS) is 13.2. The number of benzene rings is 8. The van der Waals surface area contributed by atoms with Crippen LogP contribution in [0, 0.1) is 0 Å². The van der Waals surface area contributed by atoms with Gasteiger partial charge in [0.1, 0.15) is 17.0 Å². The smallest absolute Gasteiger partial charge is 0.145 e. The standard InChI is InChI=1S/C45H28N2O/c1-3-14-29(15-4-1)31-26-27-34-37(28-31)42(36-21-13-25-41-43(36)35-20-9-12-24-40(35)48-41)32-18-7-8-19-33(32)44(34)47-39-23-11-10-22-38(39)46-45(47)30-16-5-2-6-17-30/h1-28H/i1D,3D,4D,14D,15D. The van der Waals surface area contributed by atoms with Gasteiger partial charge in [-0.25, -0.2) is 4.98 Å². The van der Waals surface area contributed by atoms with Crippen molar-refractivity contribution in [1.29, 1.82) is 0 Å². The lowest BCUT2D eigenvalue weighted by molar-refractivity contribution is 0.669. The highest BCUT2D eigenvalue weighted by atomic mass is 16.3. The summed E-state index contributed by atoms with van der Waals surface area (Å²) in [7, 11) is 0. The maximum Gasteiger partial charge on any atom is 0.145 e. The molecule has 0 atom stereocenters. The van der Waals surface area contributed by atoms with Crippen molar-refractivity contribution < 1.29 is 11.3 Å². The molecule has 0 aliphatic rings. The molecule has 0 fully saturated rings. The number of nitrogens with zero attached hydrogens (tertiary/aromatic N) is 2. The molecule has 0 N–H and O–H groups in total. The van der Waals surface area contributed by atoms with Gasteiger partial charge in [-0.05, 0) is 63.4 Å². The molecule has 10 rings (SSSR count). The number of furan rings is 1. The van der Waals surface area contributed by atoms with Crippen molar-refractivity contribution in [3.63, 3.8) is 0 Å². The fourth-order valence-corrected chi connectivity index (χ4v) is 7.25. The van der Waals surface area contributed by atoms with Crippen LogP contribution in [0.1, 0.15) is 6.85 Å². The molecule has 0 saturated heterocycles. The Morgan fingerprint density at radius 2 is 1.23 bits per heavy atom. The molecule has 3 heteroatoms. The Balaban J connectivity index is 1.42. The second kappa shape index (κ2) is 10.5. The van der Waals surface area contributed by atoms with Gasteiger partial charge in [-0.2, -0.15) is 0 Å². The molecule has 0 radical (unpaired) electrons. The minimum Gasteiger partial charge on any atom is -0.456 e. The third-order valence-electron chi connectivity index (χ3n) is 9.27. The molecule has 8 aromatic carbocycles. The van der Waals surface area contributed by atoms with Gasteiger partial charge in [-0.3, -0.25) is 4.57 Å². The van der Waals surface area contributed by atoms with E-state index in [1.807, 2.05) is 91.0 Å². The average Bonchev–Trinajstić information content (AvgIpc) is 3.78. The molecule has 0 unspecified atom stereocenters. The molecular weight excluding hydrogens is 585 g/mol. The molecule has 0 aliphatic carbocycles. The quantitative estimate of drug-likeness (QED) is 0.184. The second-order valence-corrected chi connectivity index (χ2v) is 11.9. The summed E-state index contributed by atoms with van der Waals surface area (Å²) in [4.78, 5) is 5.18. The van der Waals surface area contributed by atoms with Gasteiger partial charge in [0.05, 0.1) is 23.6 Å². The van der Waals surface area contributed by atoms with Crippen molar-refractivity contribution in [1.82, 2.24) is 9.55 Å². The predicted molar refractivity (Wildman–Crippen MR) is 200 cm³/mol. The van der Waals surface area contributed by atoms with Crippen LogP contribution >= 0.6 is 0 Å². The van der Waals surface area contributed by atoms with E-state index in [-0.39, 0.29) is 29.7 Å². The van der Waals surface area contributed by atoms with E-state index in [0.29, 0.717) is 5.56 Å². The minimum absolute atomic E-state index is 0.156. The Bertz CT molecular complexity index is 3100. The van der Waals surface area contributed by atoms with Crippen LogP contribution in [0.25, 0.3) is 93.8 Å². The van der Waals surface area contributed by atoms with E-state index in [9.17, 15) is 0 Å². The molecule has 2 heterocycles. The van der Waals surface area contributed by atoms with E-state index in [2.05, 4.69) is 53.1 Å². The zero-order valence-electron chi connectivity index (χ0n) is 30.6. The first kappa shape index (κ1) is 22.1. The predicted octanol–water partition coefficient (Wildman–Crippen LogP) is 12.2. The van der Waals surface area contributed by atoms with E-state index < -0.39 is 6.04 Å². The summed E-state index contributed by atoms with van der Waals surface area (Å²) in [5, 5.41) is 5.75. The van der Waals surface area contributed by atoms with Gasteiger partial charge < -0.3 is 4.42 Å². The molecule has 3 nitrogen and oxygen atoms in total. The number of hydrogen-bond acceptors (Lipinski definition) is 2. The molecule has 224 valence electrons. The number of para-hydroxylation sites is 3. The largest absolute Gasteiger partial charge is 0.456 e. The lowest BCUT2D eigenvalue weighted by Gasteiger charge is -2.21. The van der Waals surface area contributed by atoms with Gasteiger partial charge in [0.15, 0.2) is 0 Å². The topological polar surface area (TPSA) is 31.0 Å². The highest BCUT2D eigenvalue weighted by Crippen LogP contribution is 2.47. The Hall–Kier alpha value is -6.45. The molecular formula is C45H28N2O. The molecule has 0 saturated carbocycles. The summed E-state index contributed by atoms with van der Waals surface area (Å²) in [5.74, 6) is 0.795. The third-order valence-corrected chi connectivity index (χ3v) is 9.27. The Labute approximate surface area is 284 Å². The van der Waals surface area contributed by atoms with Crippen molar-refractivity contribution in [3.8, 4) is 39.3 Å². The summed E-state index contributed by atoms with van der Waals surface area (Å²) in [6, 6.07) is 45.0. The minimum atomic E-state index is -0.419. The first-order chi connectivity index (χ1) is 25.9. The lowest BCUT2D eigenvalue weighted by atomic mass is 9.87. The number of fused-ring (bicyclic) bond motifs is 6. The highest BCUT2D eigenvalue weighted by Gasteiger charge is 2.23. The van der Waals surface area contributed by atoms with Crippen LogP contribution in [-0.2, 0) is 0 Å². The van der Waals surface area contributed by atoms with Crippen LogP contribution in [-0.4, -0.2) is 9.55 Å². The molecule has 0 spiro atoms. The summed E-state index contributed by atoms with van der Waals surface area (Å²) in [5.41, 5.74) is 7.87. The van der Waals surface area contributed by atoms with Crippen LogP contribution in [0.2, 0.25) is 0 Å². The van der Waals surface area contributed by atoms with Crippen molar-refractivity contribution in [3.05, 3.63) is 170 Å². The van der Waals surface area contributed by atoms with Crippen LogP contribution in [0.5, 0.6) is 0 Å². The molecule has 0 aliphatic heterocycles. The Kier molecular flexibility index (Phi) is 4.86. The highest BCUT2D eigenvalue weighted by molar-refractivity contribution is 6.24. The van der Waals surface area contributed by atoms with E-state index in [1.54, 1.807) is 0 Å². The van der Waals surface area contributed by atoms with Crippen molar-refractivity contribution in [2.75, 3.05) is 0 Å². The number of hydrogen-bond donors (Lipinski definition) is 0. The van der Waals surface area contributed by atoms with E-state index >= 15 is 0 Å². The summed E-state index contributed by atoms with van der Waals surface area (Å²) >= 11 is 0. The molecule has 0 amide bonds. The fourth-order valence-electron chi connectivity index (χ4n) is 7.25. The van der Waals surface area contributed by atoms with Gasteiger partial charge in [-0.15, -0.1) is 0 Å². The first-order valence-corrected chi connectivity index (χ1v) is 15.9. The Morgan fingerprint density at radius 1 is 0.521 bits per heavy atom. The number of aromatic nitrogens is 2. The van der Waals surface area contributed by atoms with Crippen molar-refractivity contribution in [2.24, 2.45) is 0 Å². The van der Waals surface area contributed by atoms with Gasteiger partial charge in [0.2, 0.25) is 0 Å². The third kappa shape index (κ3) is 3.98. The fraction of sp³-hybridized carbons (Fsp3) is 0. The van der Waals surface area contributed by atoms with E-state index in [0.717, 1.165) is 82.7 Å². The average molecular weight is 618 g/mol. The number of imidazole rings is 1. The van der Waals surface area contributed by atoms with E-state index in [4.69, 9.17) is 16.3 Å². The molecule has 48 heavy (non-hydrogen) atoms. The first-order valence-electron chi connectivity index (χ1n) is 18.4. The maximum atomic E-state index is 8.88. The summed E-state index contributed by atoms with van der Waals surface area (Å²) in [6.45, 7) is 0. The monoisotopic (exact) mass is 617 g/mol. The SMILES string of the molecule is [2H]c1c([2H])c([2H])c(-c2ccc3c(-n4c(-c5ccccc5)nc5ccccc54)c4ccccc4c(-c4cccc5oc6ccccc6c45)c3c2)c([2H])c1[2H].